The van der Waals surface area contributed by atoms with Crippen LogP contribution in [0.1, 0.15) is 48.5 Å². The molecular formula is C22H28O4. The number of aliphatic hydroxyl groups excluding tert-OH is 1. The fourth-order valence-corrected chi connectivity index (χ4v) is 2.75. The van der Waals surface area contributed by atoms with Crippen molar-refractivity contribution >= 4 is 5.97 Å². The van der Waals surface area contributed by atoms with Gasteiger partial charge in [-0.3, -0.25) is 0 Å². The van der Waals surface area contributed by atoms with E-state index in [1.165, 1.54) is 0 Å². The average Bonchev–Trinajstić information content (AvgIpc) is 2.67. The van der Waals surface area contributed by atoms with Gasteiger partial charge in [0.25, 0.3) is 0 Å². The van der Waals surface area contributed by atoms with Crippen LogP contribution in [0.5, 0.6) is 0 Å². The summed E-state index contributed by atoms with van der Waals surface area (Å²) >= 11 is 0. The van der Waals surface area contributed by atoms with E-state index >= 15 is 0 Å². The monoisotopic (exact) mass is 356 g/mol. The molecular weight excluding hydrogens is 328 g/mol. The van der Waals surface area contributed by atoms with Gasteiger partial charge in [-0.15, -0.1) is 0 Å². The molecule has 0 radical (unpaired) electrons. The molecule has 0 bridgehead atoms. The van der Waals surface area contributed by atoms with Gasteiger partial charge in [-0.25, -0.2) is 4.79 Å². The minimum absolute atomic E-state index is 0.0000287. The first kappa shape index (κ1) is 20.1. The normalized spacial score (nSPS) is 13.2. The zero-order chi connectivity index (χ0) is 18.6. The number of aliphatic hydroxyl groups is 1. The fraction of sp³-hybridized carbons (Fsp3) is 0.409. The smallest absolute Gasteiger partial charge is 0.338 e. The van der Waals surface area contributed by atoms with E-state index in [1.54, 1.807) is 24.3 Å². The van der Waals surface area contributed by atoms with Crippen LogP contribution >= 0.6 is 0 Å². The highest BCUT2D eigenvalue weighted by molar-refractivity contribution is 5.89. The van der Waals surface area contributed by atoms with Gasteiger partial charge in [-0.1, -0.05) is 61.9 Å². The van der Waals surface area contributed by atoms with Crippen molar-refractivity contribution in [3.05, 3.63) is 71.8 Å². The Kier molecular flexibility index (Phi) is 8.87. The molecule has 0 saturated carbocycles. The second-order valence-corrected chi connectivity index (χ2v) is 6.39. The molecule has 26 heavy (non-hydrogen) atoms. The van der Waals surface area contributed by atoms with Crippen molar-refractivity contribution in [1.29, 1.82) is 0 Å². The Balaban J connectivity index is 1.71. The van der Waals surface area contributed by atoms with Gasteiger partial charge in [0.1, 0.15) is 0 Å². The predicted octanol–water partition coefficient (Wildman–Crippen LogP) is 4.37. The molecule has 0 amide bonds. The van der Waals surface area contributed by atoms with Crippen molar-refractivity contribution in [3.63, 3.8) is 0 Å². The Hall–Kier alpha value is -2.17. The van der Waals surface area contributed by atoms with Crippen molar-refractivity contribution in [1.82, 2.24) is 0 Å². The van der Waals surface area contributed by atoms with Crippen molar-refractivity contribution in [3.8, 4) is 0 Å². The van der Waals surface area contributed by atoms with Gasteiger partial charge in [0.2, 0.25) is 0 Å². The third-order valence-corrected chi connectivity index (χ3v) is 4.17. The molecule has 2 aromatic carbocycles. The van der Waals surface area contributed by atoms with E-state index in [2.05, 4.69) is 6.92 Å². The summed E-state index contributed by atoms with van der Waals surface area (Å²) in [6.07, 6.45) is 2.30. The van der Waals surface area contributed by atoms with Gasteiger partial charge in [0.05, 0.1) is 31.0 Å². The maximum Gasteiger partial charge on any atom is 0.338 e. The highest BCUT2D eigenvalue weighted by Crippen LogP contribution is 2.15. The average molecular weight is 356 g/mol. The van der Waals surface area contributed by atoms with Gasteiger partial charge < -0.3 is 14.6 Å². The molecule has 1 N–H and O–H groups in total. The molecule has 0 aliphatic heterocycles. The molecule has 0 aromatic heterocycles. The molecule has 140 valence electrons. The quantitative estimate of drug-likeness (QED) is 0.608. The molecule has 0 heterocycles. The summed E-state index contributed by atoms with van der Waals surface area (Å²) in [6, 6.07) is 18.9. The number of esters is 1. The lowest BCUT2D eigenvalue weighted by Crippen LogP contribution is -2.22. The lowest BCUT2D eigenvalue weighted by atomic mass is 10.1. The number of carbonyl (C=O) groups is 1. The van der Waals surface area contributed by atoms with Crippen LogP contribution in [0, 0.1) is 0 Å². The minimum atomic E-state index is -0.550. The van der Waals surface area contributed by atoms with E-state index in [4.69, 9.17) is 9.47 Å². The molecule has 0 unspecified atom stereocenters. The Morgan fingerprint density at radius 3 is 2.31 bits per heavy atom. The van der Waals surface area contributed by atoms with Crippen molar-refractivity contribution in [2.24, 2.45) is 0 Å². The van der Waals surface area contributed by atoms with Crippen LogP contribution in [0.25, 0.3) is 0 Å². The van der Waals surface area contributed by atoms with Gasteiger partial charge in [-0.05, 0) is 30.5 Å². The van der Waals surface area contributed by atoms with Crippen molar-refractivity contribution in [2.75, 3.05) is 6.61 Å². The Bertz CT molecular complexity index is 627. The van der Waals surface area contributed by atoms with Crippen LogP contribution in [0.2, 0.25) is 0 Å². The first-order chi connectivity index (χ1) is 12.7. The summed E-state index contributed by atoms with van der Waals surface area (Å²) in [4.78, 5) is 11.9. The molecule has 0 fully saturated rings. The van der Waals surface area contributed by atoms with Gasteiger partial charge in [-0.2, -0.15) is 0 Å². The van der Waals surface area contributed by atoms with Gasteiger partial charge in [0.15, 0.2) is 0 Å². The number of benzene rings is 2. The highest BCUT2D eigenvalue weighted by atomic mass is 16.5. The molecule has 0 aliphatic rings. The van der Waals surface area contributed by atoms with Crippen molar-refractivity contribution in [2.45, 2.75) is 51.4 Å². The Labute approximate surface area is 155 Å². The number of ether oxygens (including phenoxy) is 2. The maximum absolute atomic E-state index is 11.9. The molecule has 2 rings (SSSR count). The lowest BCUT2D eigenvalue weighted by Gasteiger charge is -2.20. The van der Waals surface area contributed by atoms with Crippen LogP contribution in [-0.4, -0.2) is 29.9 Å². The van der Waals surface area contributed by atoms with E-state index < -0.39 is 6.10 Å². The summed E-state index contributed by atoms with van der Waals surface area (Å²) in [6.45, 7) is 2.85. The van der Waals surface area contributed by atoms with Crippen LogP contribution in [-0.2, 0) is 16.1 Å². The summed E-state index contributed by atoms with van der Waals surface area (Å²) in [5.41, 5.74) is 1.65. The largest absolute Gasteiger partial charge is 0.462 e. The van der Waals surface area contributed by atoms with E-state index in [9.17, 15) is 9.90 Å². The first-order valence-electron chi connectivity index (χ1n) is 9.24. The zero-order valence-corrected chi connectivity index (χ0v) is 15.3. The van der Waals surface area contributed by atoms with Crippen LogP contribution < -0.4 is 0 Å². The van der Waals surface area contributed by atoms with Gasteiger partial charge in [0, 0.05) is 6.42 Å². The molecule has 0 spiro atoms. The zero-order valence-electron chi connectivity index (χ0n) is 15.3. The predicted molar refractivity (Wildman–Crippen MR) is 102 cm³/mol. The highest BCUT2D eigenvalue weighted by Gasteiger charge is 2.16. The molecule has 2 atom stereocenters. The minimum Gasteiger partial charge on any atom is -0.462 e. The molecule has 0 aliphatic carbocycles. The summed E-state index contributed by atoms with van der Waals surface area (Å²) in [5.74, 6) is -0.358. The Morgan fingerprint density at radius 2 is 1.65 bits per heavy atom. The third-order valence-electron chi connectivity index (χ3n) is 4.17. The summed E-state index contributed by atoms with van der Waals surface area (Å²) in [7, 11) is 0. The topological polar surface area (TPSA) is 55.8 Å². The van der Waals surface area contributed by atoms with E-state index in [0.717, 1.165) is 18.4 Å². The maximum atomic E-state index is 11.9. The van der Waals surface area contributed by atoms with Crippen LogP contribution in [0.15, 0.2) is 60.7 Å². The lowest BCUT2D eigenvalue weighted by molar-refractivity contribution is -0.00800. The fourth-order valence-electron chi connectivity index (χ4n) is 2.75. The molecule has 0 saturated heterocycles. The molecule has 4 nitrogen and oxygen atoms in total. The second kappa shape index (κ2) is 11.4. The number of hydrogen-bond donors (Lipinski definition) is 1. The van der Waals surface area contributed by atoms with E-state index in [-0.39, 0.29) is 18.7 Å². The van der Waals surface area contributed by atoms with Crippen LogP contribution in [0.4, 0.5) is 0 Å². The first-order valence-corrected chi connectivity index (χ1v) is 9.24. The Morgan fingerprint density at radius 1 is 1.00 bits per heavy atom. The van der Waals surface area contributed by atoms with Gasteiger partial charge >= 0.3 is 5.97 Å². The molecule has 4 heteroatoms. The van der Waals surface area contributed by atoms with Crippen LogP contribution in [0.3, 0.4) is 0 Å². The summed E-state index contributed by atoms with van der Waals surface area (Å²) < 4.78 is 11.2. The summed E-state index contributed by atoms with van der Waals surface area (Å²) in [5, 5.41) is 10.3. The number of carbonyl (C=O) groups excluding carboxylic acids is 1. The second-order valence-electron chi connectivity index (χ2n) is 6.39. The third kappa shape index (κ3) is 7.38. The van der Waals surface area contributed by atoms with E-state index in [1.807, 2.05) is 36.4 Å². The molecule has 2 aromatic rings. The standard InChI is InChI=1S/C22H28O4/c1-2-9-21(26-17-18-10-5-3-6-11-18)16-20(23)14-15-25-22(24)19-12-7-4-8-13-19/h3-8,10-13,20-21,23H,2,9,14-17H2,1H3/t20-,21-/m0/s1. The van der Waals surface area contributed by atoms with Crippen molar-refractivity contribution < 1.29 is 19.4 Å². The number of rotatable bonds is 11. The SMILES string of the molecule is CCC[C@@H](C[C@@H](O)CCOC(=O)c1ccccc1)OCc1ccccc1. The number of hydrogen-bond acceptors (Lipinski definition) is 4. The van der Waals surface area contributed by atoms with E-state index in [0.29, 0.717) is 25.0 Å².